The Labute approximate surface area is 123 Å². The number of carbonyl (C=O) groups excluding carboxylic acids is 1. The van der Waals surface area contributed by atoms with Gasteiger partial charge in [-0.05, 0) is 31.4 Å². The highest BCUT2D eigenvalue weighted by Gasteiger charge is 2.30. The van der Waals surface area contributed by atoms with Crippen molar-refractivity contribution in [2.45, 2.75) is 35.4 Å². The van der Waals surface area contributed by atoms with E-state index in [2.05, 4.69) is 5.32 Å². The predicted octanol–water partition coefficient (Wildman–Crippen LogP) is 1.86. The molecule has 1 aliphatic heterocycles. The highest BCUT2D eigenvalue weighted by molar-refractivity contribution is 8.02. The first-order chi connectivity index (χ1) is 9.53. The predicted molar refractivity (Wildman–Crippen MR) is 79.8 cm³/mol. The minimum atomic E-state index is -2.88. The molecule has 0 spiro atoms. The van der Waals surface area contributed by atoms with Gasteiger partial charge in [0.2, 0.25) is 0 Å². The minimum Gasteiger partial charge on any atom is -0.349 e. The van der Waals surface area contributed by atoms with Crippen LogP contribution in [0.25, 0.3) is 0 Å². The largest absolute Gasteiger partial charge is 0.349 e. The summed E-state index contributed by atoms with van der Waals surface area (Å²) in [5.41, 5.74) is 0.661. The maximum atomic E-state index is 12.2. The molecule has 0 aromatic heterocycles. The Balaban J connectivity index is 1.74. The normalized spacial score (nSPS) is 24.5. The lowest BCUT2D eigenvalue weighted by Crippen LogP contribution is -2.26. The Morgan fingerprint density at radius 1 is 1.20 bits per heavy atom. The van der Waals surface area contributed by atoms with E-state index < -0.39 is 9.84 Å². The SMILES string of the molecule is O=C(NC1CC1)c1ccccc1SC1CCS(=O)(=O)C1. The molecule has 1 aromatic carbocycles. The monoisotopic (exact) mass is 311 g/mol. The van der Waals surface area contributed by atoms with E-state index in [9.17, 15) is 13.2 Å². The molecule has 0 radical (unpaired) electrons. The summed E-state index contributed by atoms with van der Waals surface area (Å²) in [6, 6.07) is 7.77. The van der Waals surface area contributed by atoms with Crippen molar-refractivity contribution in [2.75, 3.05) is 11.5 Å². The van der Waals surface area contributed by atoms with Crippen LogP contribution < -0.4 is 5.32 Å². The van der Waals surface area contributed by atoms with Gasteiger partial charge in [-0.2, -0.15) is 0 Å². The third kappa shape index (κ3) is 3.35. The van der Waals surface area contributed by atoms with Gasteiger partial charge in [0.05, 0.1) is 17.1 Å². The van der Waals surface area contributed by atoms with E-state index in [0.29, 0.717) is 18.0 Å². The minimum absolute atomic E-state index is 0.0449. The number of sulfone groups is 1. The van der Waals surface area contributed by atoms with Gasteiger partial charge >= 0.3 is 0 Å². The van der Waals surface area contributed by atoms with Crippen molar-refractivity contribution in [2.24, 2.45) is 0 Å². The van der Waals surface area contributed by atoms with Crippen molar-refractivity contribution >= 4 is 27.5 Å². The van der Waals surface area contributed by atoms with Crippen LogP contribution in [0.15, 0.2) is 29.2 Å². The van der Waals surface area contributed by atoms with Gasteiger partial charge in [0.1, 0.15) is 0 Å². The lowest BCUT2D eigenvalue weighted by molar-refractivity contribution is 0.0948. The number of hydrogen-bond acceptors (Lipinski definition) is 4. The van der Waals surface area contributed by atoms with Gasteiger partial charge in [0.25, 0.3) is 5.91 Å². The Kier molecular flexibility index (Phi) is 3.77. The van der Waals surface area contributed by atoms with Crippen LogP contribution in [-0.2, 0) is 9.84 Å². The maximum absolute atomic E-state index is 12.2. The van der Waals surface area contributed by atoms with Gasteiger partial charge in [-0.1, -0.05) is 12.1 Å². The van der Waals surface area contributed by atoms with Crippen molar-refractivity contribution in [3.63, 3.8) is 0 Å². The number of benzene rings is 1. The highest BCUT2D eigenvalue weighted by Crippen LogP contribution is 2.33. The molecular formula is C14H17NO3S2. The van der Waals surface area contributed by atoms with Crippen LogP contribution in [-0.4, -0.2) is 37.1 Å². The van der Waals surface area contributed by atoms with Crippen molar-refractivity contribution in [3.8, 4) is 0 Å². The number of hydrogen-bond donors (Lipinski definition) is 1. The van der Waals surface area contributed by atoms with Crippen molar-refractivity contribution < 1.29 is 13.2 Å². The topological polar surface area (TPSA) is 63.2 Å². The molecule has 4 nitrogen and oxygen atoms in total. The summed E-state index contributed by atoms with van der Waals surface area (Å²) in [5.74, 6) is 0.439. The summed E-state index contributed by atoms with van der Waals surface area (Å²) >= 11 is 1.52. The summed E-state index contributed by atoms with van der Waals surface area (Å²) < 4.78 is 23.0. The molecule has 2 fully saturated rings. The second kappa shape index (κ2) is 5.41. The molecule has 1 unspecified atom stereocenters. The first kappa shape index (κ1) is 13.9. The molecule has 1 saturated heterocycles. The molecule has 1 atom stereocenters. The standard InChI is InChI=1S/C14H17NO3S2/c16-14(15-10-5-6-10)12-3-1-2-4-13(12)19-11-7-8-20(17,18)9-11/h1-4,10-11H,5-9H2,(H,15,16). The smallest absolute Gasteiger partial charge is 0.252 e. The molecule has 108 valence electrons. The van der Waals surface area contributed by atoms with Crippen molar-refractivity contribution in [3.05, 3.63) is 29.8 Å². The molecule has 1 N–H and O–H groups in total. The van der Waals surface area contributed by atoms with Crippen molar-refractivity contribution in [1.29, 1.82) is 0 Å². The maximum Gasteiger partial charge on any atom is 0.252 e. The van der Waals surface area contributed by atoms with Crippen LogP contribution in [0.5, 0.6) is 0 Å². The van der Waals surface area contributed by atoms with Crippen LogP contribution in [0.4, 0.5) is 0 Å². The average Bonchev–Trinajstić information content (AvgIpc) is 3.14. The van der Waals surface area contributed by atoms with E-state index in [4.69, 9.17) is 0 Å². The van der Waals surface area contributed by atoms with Gasteiger partial charge < -0.3 is 5.32 Å². The second-order valence-electron chi connectivity index (χ2n) is 5.39. The van der Waals surface area contributed by atoms with Gasteiger partial charge in [0, 0.05) is 16.2 Å². The first-order valence-electron chi connectivity index (χ1n) is 6.80. The molecule has 1 amide bonds. The first-order valence-corrected chi connectivity index (χ1v) is 9.50. The lowest BCUT2D eigenvalue weighted by atomic mass is 10.2. The summed E-state index contributed by atoms with van der Waals surface area (Å²) in [4.78, 5) is 13.1. The van der Waals surface area contributed by atoms with Crippen LogP contribution >= 0.6 is 11.8 Å². The average molecular weight is 311 g/mol. The van der Waals surface area contributed by atoms with E-state index in [1.165, 1.54) is 11.8 Å². The van der Waals surface area contributed by atoms with Gasteiger partial charge in [-0.25, -0.2) is 8.42 Å². The summed E-state index contributed by atoms with van der Waals surface area (Å²) in [6.45, 7) is 0. The number of amides is 1. The third-order valence-electron chi connectivity index (χ3n) is 3.53. The van der Waals surface area contributed by atoms with Gasteiger partial charge in [-0.15, -0.1) is 11.8 Å². The molecule has 6 heteroatoms. The van der Waals surface area contributed by atoms with Crippen molar-refractivity contribution in [1.82, 2.24) is 5.32 Å². The molecule has 3 rings (SSSR count). The van der Waals surface area contributed by atoms with Crippen LogP contribution in [0.2, 0.25) is 0 Å². The molecule has 1 saturated carbocycles. The Bertz CT molecular complexity index is 623. The zero-order chi connectivity index (χ0) is 14.2. The van der Waals surface area contributed by atoms with Gasteiger partial charge in [0.15, 0.2) is 9.84 Å². The molecule has 2 aliphatic rings. The van der Waals surface area contributed by atoms with E-state index >= 15 is 0 Å². The molecule has 1 heterocycles. The van der Waals surface area contributed by atoms with E-state index in [0.717, 1.165) is 17.7 Å². The van der Waals surface area contributed by atoms with Crippen LogP contribution in [0.3, 0.4) is 0 Å². The molecule has 1 aromatic rings. The number of carbonyl (C=O) groups is 1. The molecule has 0 bridgehead atoms. The quantitative estimate of drug-likeness (QED) is 0.922. The zero-order valence-electron chi connectivity index (χ0n) is 11.0. The lowest BCUT2D eigenvalue weighted by Gasteiger charge is -2.12. The number of thioether (sulfide) groups is 1. The fourth-order valence-corrected chi connectivity index (χ4v) is 5.91. The number of nitrogens with one attached hydrogen (secondary N) is 1. The summed E-state index contributed by atoms with van der Waals surface area (Å²) in [5, 5.41) is 3.05. The van der Waals surface area contributed by atoms with Gasteiger partial charge in [-0.3, -0.25) is 4.79 Å². The van der Waals surface area contributed by atoms with Crippen LogP contribution in [0.1, 0.15) is 29.6 Å². The Morgan fingerprint density at radius 2 is 1.95 bits per heavy atom. The van der Waals surface area contributed by atoms with E-state index in [1.54, 1.807) is 0 Å². The zero-order valence-corrected chi connectivity index (χ0v) is 12.7. The Morgan fingerprint density at radius 3 is 2.60 bits per heavy atom. The van der Waals surface area contributed by atoms with Crippen LogP contribution in [0, 0.1) is 0 Å². The second-order valence-corrected chi connectivity index (χ2v) is 8.96. The fraction of sp³-hybridized carbons (Fsp3) is 0.500. The molecule has 20 heavy (non-hydrogen) atoms. The summed E-state index contributed by atoms with van der Waals surface area (Å²) in [6.07, 6.45) is 2.79. The molecule has 1 aliphatic carbocycles. The summed E-state index contributed by atoms with van der Waals surface area (Å²) in [7, 11) is -2.88. The highest BCUT2D eigenvalue weighted by atomic mass is 32.2. The number of rotatable bonds is 4. The molecular weight excluding hydrogens is 294 g/mol. The van der Waals surface area contributed by atoms with E-state index in [1.807, 2.05) is 24.3 Å². The fourth-order valence-electron chi connectivity index (χ4n) is 2.28. The van der Waals surface area contributed by atoms with E-state index in [-0.39, 0.29) is 22.7 Å². The Hall–Kier alpha value is -1.01. The third-order valence-corrected chi connectivity index (χ3v) is 6.85.